The first-order valence-electron chi connectivity index (χ1n) is 45.6. The summed E-state index contributed by atoms with van der Waals surface area (Å²) in [5, 5.41) is 106. The predicted octanol–water partition coefficient (Wildman–Crippen LogP) is 0.906. The Hall–Kier alpha value is -14.2. The highest BCUT2D eigenvalue weighted by atomic mass is 16.4. The van der Waals surface area contributed by atoms with Crippen molar-refractivity contribution in [3.8, 4) is 17.2 Å². The molecule has 1 aliphatic heterocycles. The summed E-state index contributed by atoms with van der Waals surface area (Å²) in [6, 6.07) is 9.92. The summed E-state index contributed by atoms with van der Waals surface area (Å²) in [6.45, 7) is 13.1. The van der Waals surface area contributed by atoms with Gasteiger partial charge in [-0.2, -0.15) is 0 Å². The molecule has 1 fully saturated rings. The number of hydrogen-bond acceptors (Lipinski definition) is 22. The fraction of sp³-hybridized carbons (Fsp3) is 0.474. The average Bonchev–Trinajstić information content (AvgIpc) is 1.56. The minimum absolute atomic E-state index is 0.0301. The Morgan fingerprint density at radius 1 is 0.426 bits per heavy atom. The number of hydrogen-bond donors (Lipinski definition) is 25. The van der Waals surface area contributed by atoms with E-state index >= 15 is 24.0 Å². The predicted molar refractivity (Wildman–Crippen MR) is 503 cm³/mol. The van der Waals surface area contributed by atoms with E-state index in [4.69, 9.17) is 22.6 Å². The fourth-order valence-electron chi connectivity index (χ4n) is 15.9. The molecule has 8 rings (SSSR count). The van der Waals surface area contributed by atoms with Crippen molar-refractivity contribution < 1.29 is 103 Å². The van der Waals surface area contributed by atoms with Crippen LogP contribution in [0.2, 0.25) is 0 Å². The highest BCUT2D eigenvalue weighted by Crippen LogP contribution is 2.26. The van der Waals surface area contributed by atoms with Gasteiger partial charge in [0.15, 0.2) is 5.96 Å². The van der Waals surface area contributed by atoms with Gasteiger partial charge in [-0.15, -0.1) is 0 Å². The lowest BCUT2D eigenvalue weighted by Crippen LogP contribution is -2.62. The summed E-state index contributed by atoms with van der Waals surface area (Å²) >= 11 is 0. The van der Waals surface area contributed by atoms with Crippen LogP contribution in [0.1, 0.15) is 154 Å². The van der Waals surface area contributed by atoms with Gasteiger partial charge in [-0.3, -0.25) is 72.5 Å². The van der Waals surface area contributed by atoms with E-state index in [1.807, 2.05) is 0 Å². The summed E-state index contributed by atoms with van der Waals surface area (Å²) in [6.07, 6.45) is -0.373. The van der Waals surface area contributed by atoms with Crippen LogP contribution < -0.4 is 86.3 Å². The first kappa shape index (κ1) is 107. The van der Waals surface area contributed by atoms with Gasteiger partial charge in [-0.1, -0.05) is 114 Å². The van der Waals surface area contributed by atoms with Gasteiger partial charge in [0.2, 0.25) is 76.8 Å². The van der Waals surface area contributed by atoms with Crippen molar-refractivity contribution in [2.45, 2.75) is 249 Å². The largest absolute Gasteiger partial charge is 0.508 e. The SMILES string of the molecule is CC(C)C[C@H](NC(=O)[C@H](Cc1c[nH]c2ccccc12)NC(=O)[C@H](CC(C)C)NC(=O)[C@H](CCCCN)NC(=O)[C@@H](NC(=O)[C@H](CC(C)C)NC(=O)[C@@H]1CCCN1C(=O)[C@H](CC(=O)O)NC(=O)[C@H](Cc1ccc(O)cc1)NC(=O)[C@H](Cc1c[nH]c2ccccc12)NC(=O)[C@H](Cc1ccc(O)cc1)NC(=O)[C@H](C)N)[C@@H](C)O)C(=O)N[C@@H](CCCNC(=N)N)C(=O)N[C@@H](Cc1ccc(O)cc1)C(=O)O. The van der Waals surface area contributed by atoms with Crippen molar-refractivity contribution in [1.82, 2.24) is 84.0 Å². The van der Waals surface area contributed by atoms with Crippen LogP contribution in [0.5, 0.6) is 17.2 Å². The zero-order valence-corrected chi connectivity index (χ0v) is 77.5. The van der Waals surface area contributed by atoms with Crippen molar-refractivity contribution in [2.24, 2.45) is 35.0 Å². The number of nitrogens with one attached hydrogen (secondary N) is 16. The minimum Gasteiger partial charge on any atom is -0.508 e. The van der Waals surface area contributed by atoms with E-state index in [-0.39, 0.29) is 150 Å². The number of benzene rings is 5. The molecule has 28 N–H and O–H groups in total. The number of nitrogens with two attached hydrogens (primary N) is 3. The molecule has 736 valence electrons. The number of amides is 13. The molecule has 0 spiro atoms. The summed E-state index contributed by atoms with van der Waals surface area (Å²) in [5.74, 6) is -16.9. The van der Waals surface area contributed by atoms with E-state index < -0.39 is 186 Å². The lowest BCUT2D eigenvalue weighted by molar-refractivity contribution is -0.146. The zero-order valence-electron chi connectivity index (χ0n) is 77.5. The molecule has 0 bridgehead atoms. The molecular weight excluding hydrogens is 1760 g/mol. The highest BCUT2D eigenvalue weighted by Gasteiger charge is 2.43. The number of phenols is 3. The Bertz CT molecular complexity index is 5300. The molecule has 0 unspecified atom stereocenters. The van der Waals surface area contributed by atoms with Gasteiger partial charge in [0.25, 0.3) is 0 Å². The zero-order chi connectivity index (χ0) is 99.7. The maximum Gasteiger partial charge on any atom is 0.326 e. The van der Waals surface area contributed by atoms with Gasteiger partial charge in [0, 0.05) is 79.4 Å². The van der Waals surface area contributed by atoms with Crippen LogP contribution in [0.3, 0.4) is 0 Å². The Kier molecular flexibility index (Phi) is 40.9. The number of carbonyl (C=O) groups is 15. The van der Waals surface area contributed by atoms with E-state index in [2.05, 4.69) is 79.1 Å². The van der Waals surface area contributed by atoms with Gasteiger partial charge >= 0.3 is 11.9 Å². The van der Waals surface area contributed by atoms with Crippen molar-refractivity contribution in [3.63, 3.8) is 0 Å². The number of para-hydroxylation sites is 2. The molecule has 0 aliphatic carbocycles. The Morgan fingerprint density at radius 3 is 1.18 bits per heavy atom. The lowest BCUT2D eigenvalue weighted by Gasteiger charge is -2.31. The molecular formula is C95H130N20O21. The van der Waals surface area contributed by atoms with Crippen molar-refractivity contribution in [3.05, 3.63) is 162 Å². The highest BCUT2D eigenvalue weighted by molar-refractivity contribution is 6.02. The van der Waals surface area contributed by atoms with Crippen LogP contribution in [0.25, 0.3) is 21.8 Å². The second kappa shape index (κ2) is 51.9. The molecule has 2 aromatic heterocycles. The molecule has 0 saturated carbocycles. The Balaban J connectivity index is 0.990. The van der Waals surface area contributed by atoms with E-state index in [0.717, 1.165) is 4.90 Å². The third-order valence-corrected chi connectivity index (χ3v) is 23.0. The Morgan fingerprint density at radius 2 is 0.779 bits per heavy atom. The molecule has 13 amide bonds. The van der Waals surface area contributed by atoms with Crippen LogP contribution in [0.4, 0.5) is 0 Å². The van der Waals surface area contributed by atoms with E-state index in [0.29, 0.717) is 56.0 Å². The van der Waals surface area contributed by atoms with E-state index in [1.54, 1.807) is 102 Å². The maximum atomic E-state index is 15.1. The average molecular weight is 1890 g/mol. The van der Waals surface area contributed by atoms with Gasteiger partial charge < -0.3 is 132 Å². The number of likely N-dealkylation sites (tertiary alicyclic amines) is 1. The molecule has 41 heteroatoms. The van der Waals surface area contributed by atoms with E-state index in [1.165, 1.54) is 86.6 Å². The quantitative estimate of drug-likeness (QED) is 0.0143. The van der Waals surface area contributed by atoms with Gasteiger partial charge in [0.1, 0.15) is 95.8 Å². The molecule has 15 atom stereocenters. The molecule has 41 nitrogen and oxygen atoms in total. The molecule has 3 heterocycles. The number of unbranched alkanes of at least 4 members (excludes halogenated alkanes) is 1. The molecule has 136 heavy (non-hydrogen) atoms. The van der Waals surface area contributed by atoms with Gasteiger partial charge in [-0.05, 0) is 179 Å². The lowest BCUT2D eigenvalue weighted by atomic mass is 9.98. The number of carboxylic acid groups (broad SMARTS) is 2. The second-order valence-electron chi connectivity index (χ2n) is 35.7. The summed E-state index contributed by atoms with van der Waals surface area (Å²) in [7, 11) is 0. The van der Waals surface area contributed by atoms with E-state index in [9.17, 15) is 78.6 Å². The molecule has 5 aromatic carbocycles. The van der Waals surface area contributed by atoms with Crippen LogP contribution in [0.15, 0.2) is 134 Å². The number of phenolic OH excluding ortho intramolecular Hbond substituents is 3. The monoisotopic (exact) mass is 1890 g/mol. The Labute approximate surface area is 786 Å². The number of H-pyrrole nitrogens is 2. The number of aliphatic carboxylic acids is 2. The molecule has 7 aromatic rings. The second-order valence-corrected chi connectivity index (χ2v) is 35.7. The third-order valence-electron chi connectivity index (χ3n) is 23.0. The van der Waals surface area contributed by atoms with Crippen LogP contribution >= 0.6 is 0 Å². The maximum absolute atomic E-state index is 15.1. The van der Waals surface area contributed by atoms with Gasteiger partial charge in [0.05, 0.1) is 18.6 Å². The molecule has 1 aliphatic rings. The molecule has 1 saturated heterocycles. The van der Waals surface area contributed by atoms with Crippen LogP contribution in [-0.4, -0.2) is 251 Å². The number of aromatic hydroxyl groups is 3. The van der Waals surface area contributed by atoms with Crippen LogP contribution in [0, 0.1) is 23.2 Å². The minimum atomic E-state index is -1.94. The number of carboxylic acids is 2. The topological polar surface area (TPSA) is 671 Å². The standard InChI is InChI=1S/C95H130N20O21/c1-50(2)39-69(84(125)103-68(22-15-37-100-95(98)99)83(124)113-77(94(135)136)44-57-28-34-62(119)35-29-57)107-88(129)74(45-58-48-101-65-19-11-9-17-63(58)65)109-85(126)70(40-51(3)4)106-82(123)67(21-13-14-36-96)104-92(133)80(54(8)116)114-90(131)71(41-52(5)6)111-91(132)78-23-16-38-115(78)93(134)76(47-79(120)121)112-87(128)73(43-56-26-32-61(118)33-27-56)108-89(130)75(46-59-49-102-66-20-12-10-18-64(59)66)110-86(127)72(105-81(122)53(7)97)42-55-24-30-60(117)31-25-55/h9-12,17-20,24-35,48-54,67-78,80,101-102,116-119H,13-16,21-23,36-47,96-97H2,1-8H3,(H,103,125)(H,104,133)(H,105,122)(H,106,123)(H,107,129)(H,108,130)(H,109,126)(H,110,127)(H,111,132)(H,112,128)(H,113,124)(H,114,131)(H,120,121)(H,135,136)(H4,98,99,100)/t53-,54+,67-,68-,69-,70-,71-,72-,73-,74-,75-,76-,77-,78-,80-/m0/s1. The smallest absolute Gasteiger partial charge is 0.326 e. The summed E-state index contributed by atoms with van der Waals surface area (Å²) in [5.41, 5.74) is 21.1. The number of rotatable bonds is 53. The number of aliphatic hydroxyl groups is 1. The molecule has 0 radical (unpaired) electrons. The van der Waals surface area contributed by atoms with Crippen molar-refractivity contribution in [2.75, 3.05) is 19.6 Å². The number of aromatic amines is 2. The van der Waals surface area contributed by atoms with Crippen LogP contribution in [-0.2, 0) is 104 Å². The normalized spacial score (nSPS) is 15.6. The number of nitrogens with zero attached hydrogens (tertiary/aromatic N) is 1. The first-order chi connectivity index (χ1) is 64.5. The van der Waals surface area contributed by atoms with Crippen molar-refractivity contribution in [1.29, 1.82) is 5.41 Å². The first-order valence-corrected chi connectivity index (χ1v) is 45.6. The third kappa shape index (κ3) is 33.2. The van der Waals surface area contributed by atoms with Gasteiger partial charge in [-0.25, -0.2) is 4.79 Å². The number of guanidine groups is 1. The number of fused-ring (bicyclic) bond motifs is 2. The number of aliphatic hydroxyl groups excluding tert-OH is 1. The fourth-order valence-corrected chi connectivity index (χ4v) is 15.9. The summed E-state index contributed by atoms with van der Waals surface area (Å²) in [4.78, 5) is 224. The number of carbonyl (C=O) groups excluding carboxylic acids is 13. The van der Waals surface area contributed by atoms with Crippen molar-refractivity contribution >= 4 is 116 Å². The number of aromatic nitrogens is 2. The summed E-state index contributed by atoms with van der Waals surface area (Å²) < 4.78 is 0.